The average molecular weight is 267 g/mol. The maximum Gasteiger partial charge on any atom is 0.317 e. The molecule has 0 spiro atoms. The van der Waals surface area contributed by atoms with Crippen LogP contribution in [0.2, 0.25) is 0 Å². The van der Waals surface area contributed by atoms with Gasteiger partial charge in [0.05, 0.1) is 7.11 Å². The van der Waals surface area contributed by atoms with E-state index in [2.05, 4.69) is 5.32 Å². The van der Waals surface area contributed by atoms with Gasteiger partial charge in [-0.2, -0.15) is 0 Å². The highest BCUT2D eigenvalue weighted by atomic mass is 32.2. The third-order valence-electron chi connectivity index (χ3n) is 2.78. The number of amides is 2. The van der Waals surface area contributed by atoms with Crippen LogP contribution in [0.1, 0.15) is 0 Å². The second kappa shape index (κ2) is 5.86. The van der Waals surface area contributed by atoms with E-state index in [1.54, 1.807) is 18.9 Å². The van der Waals surface area contributed by atoms with E-state index < -0.39 is 0 Å². The van der Waals surface area contributed by atoms with E-state index in [-0.39, 0.29) is 6.03 Å². The molecule has 2 amide bonds. The Hall–Kier alpha value is -1.56. The molecule has 1 aliphatic rings. The molecule has 2 rings (SSSR count). The van der Waals surface area contributed by atoms with Crippen LogP contribution in [0.3, 0.4) is 0 Å². The molecular formula is C12H17N3O2S. The summed E-state index contributed by atoms with van der Waals surface area (Å²) >= 11 is 1.64. The molecule has 0 atom stereocenters. The Balaban J connectivity index is 1.87. The predicted octanol–water partition coefficient (Wildman–Crippen LogP) is 1.39. The number of carbonyl (C=O) groups excluding carboxylic acids is 1. The average Bonchev–Trinajstić information content (AvgIpc) is 2.77. The Labute approximate surface area is 111 Å². The lowest BCUT2D eigenvalue weighted by molar-refractivity contribution is 0.220. The highest BCUT2D eigenvalue weighted by Gasteiger charge is 2.18. The number of nitrogens with one attached hydrogen (secondary N) is 1. The first-order valence-corrected chi connectivity index (χ1v) is 6.78. The molecule has 6 heteroatoms. The third-order valence-corrected chi connectivity index (χ3v) is 3.84. The third kappa shape index (κ3) is 3.01. The molecule has 1 aromatic rings. The Morgan fingerprint density at radius 1 is 1.56 bits per heavy atom. The van der Waals surface area contributed by atoms with E-state index in [0.29, 0.717) is 0 Å². The second-order valence-corrected chi connectivity index (χ2v) is 5.11. The molecule has 5 nitrogen and oxygen atoms in total. The molecular weight excluding hydrogens is 250 g/mol. The van der Waals surface area contributed by atoms with Gasteiger partial charge in [0.1, 0.15) is 5.75 Å². The van der Waals surface area contributed by atoms with Crippen LogP contribution in [-0.2, 0) is 0 Å². The van der Waals surface area contributed by atoms with Gasteiger partial charge in [-0.25, -0.2) is 4.79 Å². The van der Waals surface area contributed by atoms with Gasteiger partial charge >= 0.3 is 6.03 Å². The molecule has 1 aromatic carbocycles. The zero-order valence-corrected chi connectivity index (χ0v) is 11.1. The van der Waals surface area contributed by atoms with E-state index >= 15 is 0 Å². The second-order valence-electron chi connectivity index (χ2n) is 3.97. The molecule has 18 heavy (non-hydrogen) atoms. The number of nitrogens with zero attached hydrogens (tertiary/aromatic N) is 1. The van der Waals surface area contributed by atoms with Crippen molar-refractivity contribution in [2.24, 2.45) is 0 Å². The number of nitrogens with two attached hydrogens (primary N) is 1. The largest absolute Gasteiger partial charge is 0.497 e. The fourth-order valence-electron chi connectivity index (χ4n) is 1.76. The van der Waals surface area contributed by atoms with Crippen LogP contribution in [-0.4, -0.2) is 43.4 Å². The van der Waals surface area contributed by atoms with Gasteiger partial charge in [-0.3, -0.25) is 0 Å². The number of anilines is 1. The van der Waals surface area contributed by atoms with Gasteiger partial charge in [-0.1, -0.05) is 0 Å². The number of rotatable bonds is 5. The Kier molecular flexibility index (Phi) is 4.19. The lowest BCUT2D eigenvalue weighted by Gasteiger charge is -2.14. The first-order chi connectivity index (χ1) is 8.70. The van der Waals surface area contributed by atoms with Crippen LogP contribution in [0.25, 0.3) is 0 Å². The van der Waals surface area contributed by atoms with Gasteiger partial charge in [0.15, 0.2) is 0 Å². The molecule has 98 valence electrons. The number of hydrogen-bond donors (Lipinski definition) is 2. The highest BCUT2D eigenvalue weighted by Crippen LogP contribution is 2.29. The summed E-state index contributed by atoms with van der Waals surface area (Å²) in [5.41, 5.74) is 6.64. The van der Waals surface area contributed by atoms with Crippen molar-refractivity contribution in [3.63, 3.8) is 0 Å². The van der Waals surface area contributed by atoms with Gasteiger partial charge in [-0.15, -0.1) is 11.8 Å². The van der Waals surface area contributed by atoms with Crippen molar-refractivity contribution in [3.05, 3.63) is 18.2 Å². The van der Waals surface area contributed by atoms with Crippen LogP contribution in [0.5, 0.6) is 5.75 Å². The summed E-state index contributed by atoms with van der Waals surface area (Å²) in [6.07, 6.45) is 0. The normalized spacial score (nSPS) is 14.7. The summed E-state index contributed by atoms with van der Waals surface area (Å²) in [7, 11) is 1.63. The minimum Gasteiger partial charge on any atom is -0.497 e. The van der Waals surface area contributed by atoms with Crippen molar-refractivity contribution >= 4 is 23.5 Å². The SMILES string of the molecule is COc1ccc(N)c(SCCN2CCNC2=O)c1. The van der Waals surface area contributed by atoms with Crippen LogP contribution in [0.4, 0.5) is 10.5 Å². The zero-order valence-electron chi connectivity index (χ0n) is 10.3. The fourth-order valence-corrected chi connectivity index (χ4v) is 2.72. The lowest BCUT2D eigenvalue weighted by Crippen LogP contribution is -2.30. The maximum atomic E-state index is 11.3. The van der Waals surface area contributed by atoms with Crippen molar-refractivity contribution in [1.29, 1.82) is 0 Å². The highest BCUT2D eigenvalue weighted by molar-refractivity contribution is 7.99. The van der Waals surface area contributed by atoms with Crippen LogP contribution in [0.15, 0.2) is 23.1 Å². The first-order valence-electron chi connectivity index (χ1n) is 5.80. The van der Waals surface area contributed by atoms with Gasteiger partial charge in [0.25, 0.3) is 0 Å². The van der Waals surface area contributed by atoms with Crippen molar-refractivity contribution in [2.45, 2.75) is 4.90 Å². The van der Waals surface area contributed by atoms with E-state index in [1.807, 2.05) is 23.1 Å². The van der Waals surface area contributed by atoms with Gasteiger partial charge in [0.2, 0.25) is 0 Å². The maximum absolute atomic E-state index is 11.3. The molecule has 0 saturated carbocycles. The number of benzene rings is 1. The predicted molar refractivity (Wildman–Crippen MR) is 73.1 cm³/mol. The standard InChI is InChI=1S/C12H17N3O2S/c1-17-9-2-3-10(13)11(8-9)18-7-6-15-5-4-14-12(15)16/h2-3,8H,4-7,13H2,1H3,(H,14,16). The Bertz CT molecular complexity index is 439. The number of carbonyl (C=O) groups is 1. The molecule has 0 aromatic heterocycles. The molecule has 1 aliphatic heterocycles. The molecule has 0 bridgehead atoms. The first kappa shape index (κ1) is 12.9. The summed E-state index contributed by atoms with van der Waals surface area (Å²) in [6.45, 7) is 2.25. The smallest absolute Gasteiger partial charge is 0.317 e. The number of urea groups is 1. The van der Waals surface area contributed by atoms with E-state index in [4.69, 9.17) is 10.5 Å². The summed E-state index contributed by atoms with van der Waals surface area (Å²) in [6, 6.07) is 5.62. The molecule has 0 radical (unpaired) electrons. The number of methoxy groups -OCH3 is 1. The Morgan fingerprint density at radius 3 is 3.06 bits per heavy atom. The zero-order chi connectivity index (χ0) is 13.0. The molecule has 1 saturated heterocycles. The van der Waals surface area contributed by atoms with Gasteiger partial charge in [-0.05, 0) is 18.2 Å². The molecule has 3 N–H and O–H groups in total. The van der Waals surface area contributed by atoms with Gasteiger partial charge in [0, 0.05) is 36.0 Å². The van der Waals surface area contributed by atoms with E-state index in [0.717, 1.165) is 41.7 Å². The van der Waals surface area contributed by atoms with E-state index in [1.165, 1.54) is 0 Å². The van der Waals surface area contributed by atoms with Crippen molar-refractivity contribution in [3.8, 4) is 5.75 Å². The summed E-state index contributed by atoms with van der Waals surface area (Å²) in [4.78, 5) is 14.1. The summed E-state index contributed by atoms with van der Waals surface area (Å²) in [5, 5.41) is 2.78. The monoisotopic (exact) mass is 267 g/mol. The number of ether oxygens (including phenoxy) is 1. The van der Waals surface area contributed by atoms with Crippen molar-refractivity contribution in [2.75, 3.05) is 38.2 Å². The van der Waals surface area contributed by atoms with Crippen LogP contribution >= 0.6 is 11.8 Å². The number of thioether (sulfide) groups is 1. The number of nitrogen functional groups attached to an aromatic ring is 1. The molecule has 1 heterocycles. The summed E-state index contributed by atoms with van der Waals surface area (Å²) in [5.74, 6) is 1.62. The molecule has 1 fully saturated rings. The fraction of sp³-hybridized carbons (Fsp3) is 0.417. The van der Waals surface area contributed by atoms with Crippen molar-refractivity contribution in [1.82, 2.24) is 10.2 Å². The minimum absolute atomic E-state index is 0.0224. The van der Waals surface area contributed by atoms with Crippen molar-refractivity contribution < 1.29 is 9.53 Å². The van der Waals surface area contributed by atoms with Gasteiger partial charge < -0.3 is 20.7 Å². The van der Waals surface area contributed by atoms with Crippen LogP contribution in [0, 0.1) is 0 Å². The topological polar surface area (TPSA) is 67.6 Å². The molecule has 0 unspecified atom stereocenters. The summed E-state index contributed by atoms with van der Waals surface area (Å²) < 4.78 is 5.16. The lowest BCUT2D eigenvalue weighted by atomic mass is 10.3. The van der Waals surface area contributed by atoms with E-state index in [9.17, 15) is 4.79 Å². The Morgan fingerprint density at radius 2 is 2.39 bits per heavy atom. The minimum atomic E-state index is 0.0224. The number of hydrogen-bond acceptors (Lipinski definition) is 4. The molecule has 0 aliphatic carbocycles. The quantitative estimate of drug-likeness (QED) is 0.625. The van der Waals surface area contributed by atoms with Crippen LogP contribution < -0.4 is 15.8 Å².